The Morgan fingerprint density at radius 3 is 2.89 bits per heavy atom. The molecule has 5 nitrogen and oxygen atoms in total. The Hall–Kier alpha value is -0.880. The number of hydrogen-bond donors (Lipinski definition) is 1. The topological polar surface area (TPSA) is 72.2 Å². The van der Waals surface area contributed by atoms with Crippen LogP contribution in [0.25, 0.3) is 0 Å². The average Bonchev–Trinajstić information content (AvgIpc) is 2.93. The minimum Gasteiger partial charge on any atom is -0.396 e. The first-order valence-corrected chi connectivity index (χ1v) is 8.74. The summed E-state index contributed by atoms with van der Waals surface area (Å²) in [5.74, 6) is 2.15. The van der Waals surface area contributed by atoms with Crippen molar-refractivity contribution in [2.24, 2.45) is 11.8 Å². The zero-order chi connectivity index (χ0) is 13.5. The van der Waals surface area contributed by atoms with E-state index in [0.29, 0.717) is 17.4 Å². The molecule has 1 fully saturated rings. The van der Waals surface area contributed by atoms with E-state index in [1.165, 1.54) is 5.69 Å². The molecule has 2 atom stereocenters. The maximum atomic E-state index is 11.5. The number of aromatic nitrogens is 2. The second-order valence-electron chi connectivity index (χ2n) is 5.84. The monoisotopic (exact) mass is 284 g/mol. The Morgan fingerprint density at radius 1 is 1.37 bits per heavy atom. The van der Waals surface area contributed by atoms with Crippen LogP contribution < -0.4 is 0 Å². The van der Waals surface area contributed by atoms with E-state index in [2.05, 4.69) is 9.55 Å². The van der Waals surface area contributed by atoms with Gasteiger partial charge in [0.2, 0.25) is 0 Å². The predicted octanol–water partition coefficient (Wildman–Crippen LogP) is 0.415. The lowest BCUT2D eigenvalue weighted by Gasteiger charge is -2.24. The fourth-order valence-corrected chi connectivity index (χ4v) is 5.04. The van der Waals surface area contributed by atoms with E-state index < -0.39 is 9.84 Å². The zero-order valence-electron chi connectivity index (χ0n) is 11.0. The number of aryl methyl sites for hydroxylation is 1. The summed E-state index contributed by atoms with van der Waals surface area (Å²) < 4.78 is 25.2. The largest absolute Gasteiger partial charge is 0.396 e. The molecule has 2 aliphatic heterocycles. The van der Waals surface area contributed by atoms with Gasteiger partial charge in [0.05, 0.1) is 11.5 Å². The van der Waals surface area contributed by atoms with Crippen LogP contribution in [0.15, 0.2) is 6.20 Å². The summed E-state index contributed by atoms with van der Waals surface area (Å²) in [6.45, 7) is 1.04. The van der Waals surface area contributed by atoms with E-state index in [-0.39, 0.29) is 12.5 Å². The van der Waals surface area contributed by atoms with Gasteiger partial charge in [-0.2, -0.15) is 0 Å². The third-order valence-corrected chi connectivity index (χ3v) is 6.16. The van der Waals surface area contributed by atoms with Crippen LogP contribution in [0.5, 0.6) is 0 Å². The molecule has 3 rings (SSSR count). The molecule has 0 spiro atoms. The summed E-state index contributed by atoms with van der Waals surface area (Å²) in [4.78, 5) is 4.46. The van der Waals surface area contributed by atoms with Gasteiger partial charge in [-0.1, -0.05) is 0 Å². The van der Waals surface area contributed by atoms with Crippen LogP contribution in [0.2, 0.25) is 0 Å². The lowest BCUT2D eigenvalue weighted by Crippen LogP contribution is -2.24. The zero-order valence-corrected chi connectivity index (χ0v) is 11.8. The molecule has 2 aliphatic rings. The van der Waals surface area contributed by atoms with Crippen molar-refractivity contribution in [2.45, 2.75) is 32.2 Å². The highest BCUT2D eigenvalue weighted by molar-refractivity contribution is 7.91. The second kappa shape index (κ2) is 4.90. The van der Waals surface area contributed by atoms with Crippen molar-refractivity contribution in [3.05, 3.63) is 17.7 Å². The quantitative estimate of drug-likeness (QED) is 0.873. The van der Waals surface area contributed by atoms with Crippen LogP contribution in [-0.4, -0.2) is 41.2 Å². The molecule has 6 heteroatoms. The number of aliphatic hydroxyl groups is 1. The molecule has 106 valence electrons. The molecule has 0 bridgehead atoms. The van der Waals surface area contributed by atoms with Crippen LogP contribution in [0.1, 0.15) is 24.4 Å². The number of fused-ring (bicyclic) bond motifs is 1. The highest BCUT2D eigenvalue weighted by atomic mass is 32.2. The number of nitrogens with zero attached hydrogens (tertiary/aromatic N) is 2. The van der Waals surface area contributed by atoms with Crippen molar-refractivity contribution in [1.29, 1.82) is 0 Å². The summed E-state index contributed by atoms with van der Waals surface area (Å²) in [6.07, 6.45) is 5.39. The molecular formula is C13H20N2O3S. The Kier molecular flexibility index (Phi) is 3.39. The van der Waals surface area contributed by atoms with Gasteiger partial charge in [-0.25, -0.2) is 13.4 Å². The minimum atomic E-state index is -2.81. The first-order valence-electron chi connectivity index (χ1n) is 6.92. The Balaban J connectivity index is 1.74. The van der Waals surface area contributed by atoms with Crippen LogP contribution >= 0.6 is 0 Å². The van der Waals surface area contributed by atoms with Gasteiger partial charge >= 0.3 is 0 Å². The molecule has 2 unspecified atom stereocenters. The lowest BCUT2D eigenvalue weighted by atomic mass is 9.98. The normalized spacial score (nSPS) is 29.3. The third kappa shape index (κ3) is 2.69. The maximum absolute atomic E-state index is 11.5. The molecule has 0 amide bonds. The summed E-state index contributed by atoms with van der Waals surface area (Å²) >= 11 is 0. The Labute approximate surface area is 113 Å². The standard InChI is InChI=1S/C13H20N2O3S/c16-8-11-1-2-12-6-14-13(15(12)7-11)5-10-3-4-19(17,18)9-10/h6,10-11,16H,1-5,7-9H2. The van der Waals surface area contributed by atoms with E-state index >= 15 is 0 Å². The first-order chi connectivity index (χ1) is 9.07. The lowest BCUT2D eigenvalue weighted by molar-refractivity contribution is 0.190. The van der Waals surface area contributed by atoms with Gasteiger partial charge in [0.25, 0.3) is 0 Å². The SMILES string of the molecule is O=S1(=O)CCC(Cc2ncc3n2CC(CO)CC3)C1. The van der Waals surface area contributed by atoms with E-state index in [1.807, 2.05) is 6.20 Å². The van der Waals surface area contributed by atoms with Crippen LogP contribution in [0, 0.1) is 11.8 Å². The van der Waals surface area contributed by atoms with Crippen LogP contribution in [-0.2, 0) is 29.2 Å². The molecule has 1 N–H and O–H groups in total. The molecule has 0 saturated carbocycles. The predicted molar refractivity (Wildman–Crippen MR) is 71.6 cm³/mol. The summed E-state index contributed by atoms with van der Waals surface area (Å²) in [6, 6.07) is 0. The third-order valence-electron chi connectivity index (χ3n) is 4.33. The van der Waals surface area contributed by atoms with E-state index in [0.717, 1.165) is 38.1 Å². The molecular weight excluding hydrogens is 264 g/mol. The molecule has 0 aliphatic carbocycles. The van der Waals surface area contributed by atoms with Gasteiger partial charge in [0.15, 0.2) is 9.84 Å². The second-order valence-corrected chi connectivity index (χ2v) is 8.07. The van der Waals surface area contributed by atoms with Crippen molar-refractivity contribution in [2.75, 3.05) is 18.1 Å². The molecule has 19 heavy (non-hydrogen) atoms. The molecule has 3 heterocycles. The van der Waals surface area contributed by atoms with E-state index in [4.69, 9.17) is 0 Å². The number of hydrogen-bond acceptors (Lipinski definition) is 4. The molecule has 1 aromatic rings. The van der Waals surface area contributed by atoms with Crippen molar-refractivity contribution >= 4 is 9.84 Å². The number of sulfone groups is 1. The fraction of sp³-hybridized carbons (Fsp3) is 0.769. The van der Waals surface area contributed by atoms with E-state index in [9.17, 15) is 13.5 Å². The summed E-state index contributed by atoms with van der Waals surface area (Å²) in [7, 11) is -2.81. The number of imidazole rings is 1. The summed E-state index contributed by atoms with van der Waals surface area (Å²) in [5, 5.41) is 9.28. The van der Waals surface area contributed by atoms with Gasteiger partial charge in [-0.3, -0.25) is 0 Å². The maximum Gasteiger partial charge on any atom is 0.150 e. The summed E-state index contributed by atoms with van der Waals surface area (Å²) in [5.41, 5.74) is 1.22. The number of aliphatic hydroxyl groups excluding tert-OH is 1. The fourth-order valence-electron chi connectivity index (χ4n) is 3.18. The first kappa shape index (κ1) is 13.1. The van der Waals surface area contributed by atoms with Gasteiger partial charge in [-0.15, -0.1) is 0 Å². The van der Waals surface area contributed by atoms with Gasteiger partial charge < -0.3 is 9.67 Å². The van der Waals surface area contributed by atoms with Gasteiger partial charge in [0.1, 0.15) is 5.82 Å². The van der Waals surface area contributed by atoms with Gasteiger partial charge in [-0.05, 0) is 25.2 Å². The number of rotatable bonds is 3. The highest BCUT2D eigenvalue weighted by Crippen LogP contribution is 2.26. The van der Waals surface area contributed by atoms with E-state index in [1.54, 1.807) is 0 Å². The molecule has 0 aromatic carbocycles. The van der Waals surface area contributed by atoms with Crippen molar-refractivity contribution in [3.8, 4) is 0 Å². The minimum absolute atomic E-state index is 0.214. The van der Waals surface area contributed by atoms with Gasteiger partial charge in [0, 0.05) is 37.4 Å². The average molecular weight is 284 g/mol. The molecule has 0 radical (unpaired) electrons. The van der Waals surface area contributed by atoms with Crippen molar-refractivity contribution < 1.29 is 13.5 Å². The highest BCUT2D eigenvalue weighted by Gasteiger charge is 2.30. The molecule has 1 saturated heterocycles. The Bertz CT molecular complexity index is 564. The van der Waals surface area contributed by atoms with Crippen LogP contribution in [0.4, 0.5) is 0 Å². The van der Waals surface area contributed by atoms with Crippen molar-refractivity contribution in [1.82, 2.24) is 9.55 Å². The van der Waals surface area contributed by atoms with Crippen molar-refractivity contribution in [3.63, 3.8) is 0 Å². The Morgan fingerprint density at radius 2 is 2.21 bits per heavy atom. The van der Waals surface area contributed by atoms with Crippen LogP contribution in [0.3, 0.4) is 0 Å². The smallest absolute Gasteiger partial charge is 0.150 e. The molecule has 1 aromatic heterocycles.